The standard InChI is InChI=1S/C16H20N6O/c1-3-8-22-15(18-10-19-22)11(2)20-16(23)21-13-4-5-14-12(9-13)6-7-17-14/h4-7,9-11,17H,3,8H2,1-2H3,(H2,20,21,23)/t11-/m1/s1. The largest absolute Gasteiger partial charge is 0.361 e. The van der Waals surface area contributed by atoms with Crippen LogP contribution in [0.2, 0.25) is 0 Å². The molecule has 7 heteroatoms. The number of carbonyl (C=O) groups is 1. The van der Waals surface area contributed by atoms with Gasteiger partial charge in [0.05, 0.1) is 6.04 Å². The van der Waals surface area contributed by atoms with Gasteiger partial charge in [-0.2, -0.15) is 5.10 Å². The summed E-state index contributed by atoms with van der Waals surface area (Å²) in [7, 11) is 0. The molecule has 2 aromatic heterocycles. The second-order valence-electron chi connectivity index (χ2n) is 5.44. The van der Waals surface area contributed by atoms with Gasteiger partial charge in [0, 0.05) is 29.3 Å². The van der Waals surface area contributed by atoms with Gasteiger partial charge in [0.1, 0.15) is 12.2 Å². The number of rotatable bonds is 5. The average Bonchev–Trinajstić information content (AvgIpc) is 3.15. The number of anilines is 1. The maximum absolute atomic E-state index is 12.2. The molecule has 3 rings (SSSR count). The number of nitrogens with zero attached hydrogens (tertiary/aromatic N) is 3. The van der Waals surface area contributed by atoms with Crippen molar-refractivity contribution < 1.29 is 4.79 Å². The first-order valence-electron chi connectivity index (χ1n) is 7.69. The molecular weight excluding hydrogens is 292 g/mol. The maximum Gasteiger partial charge on any atom is 0.319 e. The number of aryl methyl sites for hydroxylation is 1. The fraction of sp³-hybridized carbons (Fsp3) is 0.312. The van der Waals surface area contributed by atoms with E-state index in [-0.39, 0.29) is 12.1 Å². The van der Waals surface area contributed by atoms with E-state index in [0.717, 1.165) is 35.4 Å². The molecule has 3 N–H and O–H groups in total. The van der Waals surface area contributed by atoms with Crippen LogP contribution in [0.25, 0.3) is 10.9 Å². The van der Waals surface area contributed by atoms with Gasteiger partial charge in [0.25, 0.3) is 0 Å². The van der Waals surface area contributed by atoms with Gasteiger partial charge in [0.15, 0.2) is 0 Å². The maximum atomic E-state index is 12.2. The number of fused-ring (bicyclic) bond motifs is 1. The highest BCUT2D eigenvalue weighted by Crippen LogP contribution is 2.18. The van der Waals surface area contributed by atoms with E-state index >= 15 is 0 Å². The Labute approximate surface area is 134 Å². The number of amides is 2. The van der Waals surface area contributed by atoms with E-state index in [1.807, 2.05) is 42.1 Å². The number of benzene rings is 1. The van der Waals surface area contributed by atoms with E-state index in [2.05, 4.69) is 32.6 Å². The molecule has 0 aliphatic rings. The Hall–Kier alpha value is -2.83. The van der Waals surface area contributed by atoms with Crippen molar-refractivity contribution in [2.24, 2.45) is 0 Å². The molecule has 7 nitrogen and oxygen atoms in total. The van der Waals surface area contributed by atoms with Gasteiger partial charge in [-0.25, -0.2) is 14.5 Å². The van der Waals surface area contributed by atoms with Gasteiger partial charge in [-0.05, 0) is 37.6 Å². The number of H-pyrrole nitrogens is 1. The van der Waals surface area contributed by atoms with Gasteiger partial charge < -0.3 is 15.6 Å². The Morgan fingerprint density at radius 2 is 2.26 bits per heavy atom. The SMILES string of the molecule is CCCn1ncnc1[C@@H](C)NC(=O)Nc1ccc2[nH]ccc2c1. The summed E-state index contributed by atoms with van der Waals surface area (Å²) in [5.41, 5.74) is 1.79. The molecule has 0 unspecified atom stereocenters. The van der Waals surface area contributed by atoms with Crippen molar-refractivity contribution in [3.8, 4) is 0 Å². The van der Waals surface area contributed by atoms with Crippen LogP contribution >= 0.6 is 0 Å². The van der Waals surface area contributed by atoms with Gasteiger partial charge in [-0.15, -0.1) is 0 Å². The quantitative estimate of drug-likeness (QED) is 0.676. The van der Waals surface area contributed by atoms with E-state index < -0.39 is 0 Å². The van der Waals surface area contributed by atoms with Crippen LogP contribution in [0.15, 0.2) is 36.8 Å². The van der Waals surface area contributed by atoms with Crippen LogP contribution in [0, 0.1) is 0 Å². The van der Waals surface area contributed by atoms with Gasteiger partial charge >= 0.3 is 6.03 Å². The lowest BCUT2D eigenvalue weighted by Crippen LogP contribution is -2.32. The fourth-order valence-corrected chi connectivity index (χ4v) is 2.55. The highest BCUT2D eigenvalue weighted by Gasteiger charge is 2.15. The zero-order chi connectivity index (χ0) is 16.2. The van der Waals surface area contributed by atoms with Crippen molar-refractivity contribution >= 4 is 22.6 Å². The number of hydrogen-bond donors (Lipinski definition) is 3. The van der Waals surface area contributed by atoms with Gasteiger partial charge in [-0.1, -0.05) is 6.92 Å². The molecule has 1 atom stereocenters. The second kappa shape index (κ2) is 6.51. The number of hydrogen-bond acceptors (Lipinski definition) is 3. The molecule has 0 radical (unpaired) electrons. The van der Waals surface area contributed by atoms with Crippen LogP contribution in [-0.2, 0) is 6.54 Å². The van der Waals surface area contributed by atoms with Crippen molar-refractivity contribution in [3.63, 3.8) is 0 Å². The zero-order valence-electron chi connectivity index (χ0n) is 13.2. The second-order valence-corrected chi connectivity index (χ2v) is 5.44. The van der Waals surface area contributed by atoms with E-state index in [1.54, 1.807) is 0 Å². The third kappa shape index (κ3) is 3.33. The molecule has 0 bridgehead atoms. The first-order chi connectivity index (χ1) is 11.2. The lowest BCUT2D eigenvalue weighted by molar-refractivity contribution is 0.248. The molecule has 120 valence electrons. The van der Waals surface area contributed by atoms with Crippen molar-refractivity contribution in [1.29, 1.82) is 0 Å². The molecule has 3 aromatic rings. The highest BCUT2D eigenvalue weighted by atomic mass is 16.2. The van der Waals surface area contributed by atoms with Crippen LogP contribution in [0.3, 0.4) is 0 Å². The van der Waals surface area contributed by atoms with Crippen molar-refractivity contribution in [1.82, 2.24) is 25.1 Å². The Morgan fingerprint density at radius 3 is 3.09 bits per heavy atom. The van der Waals surface area contributed by atoms with Gasteiger partial charge in [0.2, 0.25) is 0 Å². The summed E-state index contributed by atoms with van der Waals surface area (Å²) in [6.07, 6.45) is 4.35. The topological polar surface area (TPSA) is 87.6 Å². The minimum Gasteiger partial charge on any atom is -0.361 e. The molecule has 23 heavy (non-hydrogen) atoms. The van der Waals surface area contributed by atoms with E-state index in [1.165, 1.54) is 6.33 Å². The Balaban J connectivity index is 1.65. The molecule has 0 saturated heterocycles. The first kappa shape index (κ1) is 15.1. The molecule has 0 saturated carbocycles. The van der Waals surface area contributed by atoms with Crippen LogP contribution in [0.4, 0.5) is 10.5 Å². The van der Waals surface area contributed by atoms with Crippen molar-refractivity contribution in [2.75, 3.05) is 5.32 Å². The van der Waals surface area contributed by atoms with Crippen LogP contribution in [0.5, 0.6) is 0 Å². The number of nitrogens with one attached hydrogen (secondary N) is 3. The van der Waals surface area contributed by atoms with Crippen molar-refractivity contribution in [2.45, 2.75) is 32.9 Å². The Kier molecular flexibility index (Phi) is 4.27. The predicted molar refractivity (Wildman–Crippen MR) is 89.2 cm³/mol. The predicted octanol–water partition coefficient (Wildman–Crippen LogP) is 3.05. The molecule has 0 fully saturated rings. The normalized spacial score (nSPS) is 12.3. The average molecular weight is 312 g/mol. The van der Waals surface area contributed by atoms with E-state index in [0.29, 0.717) is 0 Å². The van der Waals surface area contributed by atoms with Crippen LogP contribution in [0.1, 0.15) is 32.1 Å². The smallest absolute Gasteiger partial charge is 0.319 e. The van der Waals surface area contributed by atoms with E-state index in [9.17, 15) is 4.79 Å². The summed E-state index contributed by atoms with van der Waals surface area (Å²) in [6.45, 7) is 4.76. The number of aromatic amines is 1. The summed E-state index contributed by atoms with van der Waals surface area (Å²) in [5, 5.41) is 11.0. The minimum absolute atomic E-state index is 0.222. The number of aromatic nitrogens is 4. The molecule has 2 amide bonds. The summed E-state index contributed by atoms with van der Waals surface area (Å²) in [5.74, 6) is 0.753. The number of carbonyl (C=O) groups excluding carboxylic acids is 1. The van der Waals surface area contributed by atoms with Crippen LogP contribution in [-0.4, -0.2) is 25.8 Å². The molecule has 0 spiro atoms. The molecule has 0 aliphatic heterocycles. The molecule has 2 heterocycles. The minimum atomic E-state index is -0.265. The Bertz CT molecular complexity index is 806. The van der Waals surface area contributed by atoms with Gasteiger partial charge in [-0.3, -0.25) is 0 Å². The summed E-state index contributed by atoms with van der Waals surface area (Å²) in [4.78, 5) is 19.5. The molecule has 1 aromatic carbocycles. The number of urea groups is 1. The lowest BCUT2D eigenvalue weighted by Gasteiger charge is -2.15. The fourth-order valence-electron chi connectivity index (χ4n) is 2.55. The van der Waals surface area contributed by atoms with Crippen LogP contribution < -0.4 is 10.6 Å². The zero-order valence-corrected chi connectivity index (χ0v) is 13.2. The third-order valence-corrected chi connectivity index (χ3v) is 3.63. The Morgan fingerprint density at radius 1 is 1.39 bits per heavy atom. The molecule has 0 aliphatic carbocycles. The lowest BCUT2D eigenvalue weighted by atomic mass is 10.2. The summed E-state index contributed by atoms with van der Waals surface area (Å²) >= 11 is 0. The summed E-state index contributed by atoms with van der Waals surface area (Å²) < 4.78 is 1.82. The molecular formula is C16H20N6O. The van der Waals surface area contributed by atoms with Crippen molar-refractivity contribution in [3.05, 3.63) is 42.6 Å². The highest BCUT2D eigenvalue weighted by molar-refractivity contribution is 5.92. The first-order valence-corrected chi connectivity index (χ1v) is 7.69. The third-order valence-electron chi connectivity index (χ3n) is 3.63. The monoisotopic (exact) mass is 312 g/mol. The summed E-state index contributed by atoms with van der Waals surface area (Å²) in [6, 6.07) is 7.21. The van der Waals surface area contributed by atoms with E-state index in [4.69, 9.17) is 0 Å².